The molecule has 0 aromatic carbocycles. The minimum atomic E-state index is -4.60. The van der Waals surface area contributed by atoms with Gasteiger partial charge in [-0.15, -0.1) is 0 Å². The minimum Gasteiger partial charge on any atom is -0.381 e. The molecule has 5 heterocycles. The van der Waals surface area contributed by atoms with E-state index in [4.69, 9.17) is 9.47 Å². The van der Waals surface area contributed by atoms with Gasteiger partial charge in [0.1, 0.15) is 0 Å². The Morgan fingerprint density at radius 3 is 2.88 bits per heavy atom. The van der Waals surface area contributed by atoms with Crippen LogP contribution in [-0.2, 0) is 40.0 Å². The summed E-state index contributed by atoms with van der Waals surface area (Å²) in [5.74, 6) is -0.203. The number of hydrogen-bond donors (Lipinski definition) is 1. The number of aryl methyl sites for hydroxylation is 1. The molecule has 3 unspecified atom stereocenters. The zero-order valence-corrected chi connectivity index (χ0v) is 22.9. The second-order valence-corrected chi connectivity index (χ2v) is 11.5. The van der Waals surface area contributed by atoms with E-state index in [0.29, 0.717) is 31.7 Å². The van der Waals surface area contributed by atoms with Crippen LogP contribution in [0, 0.1) is 0 Å². The topological polar surface area (TPSA) is 88.9 Å². The first-order valence-electron chi connectivity index (χ1n) is 14.5. The zero-order valence-electron chi connectivity index (χ0n) is 22.9. The van der Waals surface area contributed by atoms with E-state index in [-0.39, 0.29) is 49.5 Å². The predicted octanol–water partition coefficient (Wildman–Crippen LogP) is 2.52. The number of aromatic nitrogens is 2. The van der Waals surface area contributed by atoms with Crippen LogP contribution in [0.25, 0.3) is 0 Å². The van der Waals surface area contributed by atoms with E-state index in [1.54, 1.807) is 11.1 Å². The van der Waals surface area contributed by atoms with Gasteiger partial charge in [0.15, 0.2) is 0 Å². The summed E-state index contributed by atoms with van der Waals surface area (Å²) in [4.78, 5) is 34.0. The molecule has 2 aromatic rings. The van der Waals surface area contributed by atoms with Crippen LogP contribution in [0.4, 0.5) is 13.2 Å². The van der Waals surface area contributed by atoms with E-state index in [1.807, 2.05) is 12.3 Å². The standard InChI is InChI=1S/C29H36F3N5O4/c30-29(31,32)20-12-22-15-35(8-9-37(22)28(39)13-20)18-27(38)34-24-16-36(21-2-1-10-40-11-6-21)17-26(24)41-25-4-3-19-5-7-33-14-23(19)25/h5,7,12-14,21,24-26H,1-4,6,8-11,15-18H2,(H,34,38)/t21?,24?,25?,26-/m0/s1. The van der Waals surface area contributed by atoms with Crippen molar-refractivity contribution in [2.45, 2.75) is 75.7 Å². The highest BCUT2D eigenvalue weighted by Gasteiger charge is 2.40. The molecule has 1 aliphatic carbocycles. The minimum absolute atomic E-state index is 0.0289. The summed E-state index contributed by atoms with van der Waals surface area (Å²) in [5, 5.41) is 3.19. The molecule has 2 saturated heterocycles. The van der Waals surface area contributed by atoms with Crippen molar-refractivity contribution in [1.29, 1.82) is 0 Å². The third-order valence-corrected chi connectivity index (χ3v) is 8.82. The summed E-state index contributed by atoms with van der Waals surface area (Å²) < 4.78 is 53.5. The molecule has 2 aromatic heterocycles. The maximum atomic E-state index is 13.3. The second-order valence-electron chi connectivity index (χ2n) is 11.5. The number of alkyl halides is 3. The maximum absolute atomic E-state index is 13.3. The summed E-state index contributed by atoms with van der Waals surface area (Å²) in [6, 6.07) is 3.82. The fourth-order valence-electron chi connectivity index (χ4n) is 6.72. The van der Waals surface area contributed by atoms with Gasteiger partial charge in [0.2, 0.25) is 5.91 Å². The lowest BCUT2D eigenvalue weighted by molar-refractivity contribution is -0.138. The molecule has 0 bridgehead atoms. The van der Waals surface area contributed by atoms with Gasteiger partial charge in [0.25, 0.3) is 5.56 Å². The predicted molar refractivity (Wildman–Crippen MR) is 143 cm³/mol. The molecule has 6 rings (SSSR count). The number of fused-ring (bicyclic) bond motifs is 2. The van der Waals surface area contributed by atoms with Crippen molar-refractivity contribution in [1.82, 2.24) is 24.7 Å². The van der Waals surface area contributed by atoms with Crippen LogP contribution in [-0.4, -0.2) is 82.8 Å². The van der Waals surface area contributed by atoms with Gasteiger partial charge in [-0.05, 0) is 49.8 Å². The number of pyridine rings is 2. The van der Waals surface area contributed by atoms with E-state index < -0.39 is 17.3 Å². The summed E-state index contributed by atoms with van der Waals surface area (Å²) >= 11 is 0. The van der Waals surface area contributed by atoms with Crippen molar-refractivity contribution in [3.8, 4) is 0 Å². The Labute approximate surface area is 236 Å². The van der Waals surface area contributed by atoms with Crippen LogP contribution in [0.2, 0.25) is 0 Å². The Hall–Kier alpha value is -2.80. The first kappa shape index (κ1) is 28.3. The number of rotatable bonds is 6. The molecule has 222 valence electrons. The lowest BCUT2D eigenvalue weighted by atomic mass is 10.1. The molecule has 0 saturated carbocycles. The summed E-state index contributed by atoms with van der Waals surface area (Å²) in [5.41, 5.74) is 0.997. The van der Waals surface area contributed by atoms with Crippen LogP contribution < -0.4 is 10.9 Å². The number of halogens is 3. The van der Waals surface area contributed by atoms with Gasteiger partial charge >= 0.3 is 6.18 Å². The highest BCUT2D eigenvalue weighted by molar-refractivity contribution is 5.78. The summed E-state index contributed by atoms with van der Waals surface area (Å²) in [6.07, 6.45) is 3.60. The van der Waals surface area contributed by atoms with E-state index in [0.717, 1.165) is 56.9 Å². The average molecular weight is 576 g/mol. The monoisotopic (exact) mass is 575 g/mol. The van der Waals surface area contributed by atoms with E-state index in [1.165, 1.54) is 10.1 Å². The molecule has 41 heavy (non-hydrogen) atoms. The normalized spacial score (nSPS) is 27.3. The average Bonchev–Trinajstić information content (AvgIpc) is 3.41. The molecule has 1 amide bonds. The zero-order chi connectivity index (χ0) is 28.6. The first-order chi connectivity index (χ1) is 19.7. The lowest BCUT2D eigenvalue weighted by Crippen LogP contribution is -2.49. The van der Waals surface area contributed by atoms with Crippen molar-refractivity contribution in [3.05, 3.63) is 63.3 Å². The highest BCUT2D eigenvalue weighted by atomic mass is 19.4. The number of amides is 1. The number of ether oxygens (including phenoxy) is 2. The first-order valence-corrected chi connectivity index (χ1v) is 14.5. The molecule has 2 fully saturated rings. The number of carbonyl (C=O) groups excluding carboxylic acids is 1. The summed E-state index contributed by atoms with van der Waals surface area (Å²) in [7, 11) is 0. The smallest absolute Gasteiger partial charge is 0.381 e. The lowest BCUT2D eigenvalue weighted by Gasteiger charge is -2.30. The van der Waals surface area contributed by atoms with E-state index in [9.17, 15) is 22.8 Å². The fourth-order valence-corrected chi connectivity index (χ4v) is 6.72. The molecule has 9 nitrogen and oxygen atoms in total. The van der Waals surface area contributed by atoms with E-state index in [2.05, 4.69) is 15.2 Å². The van der Waals surface area contributed by atoms with Crippen LogP contribution in [0.3, 0.4) is 0 Å². The third kappa shape index (κ3) is 6.35. The maximum Gasteiger partial charge on any atom is 0.416 e. The van der Waals surface area contributed by atoms with Crippen LogP contribution in [0.15, 0.2) is 35.4 Å². The second kappa shape index (κ2) is 11.8. The number of nitrogens with one attached hydrogen (secondary N) is 1. The Bertz CT molecular complexity index is 1310. The molecular formula is C29H36F3N5O4. The van der Waals surface area contributed by atoms with Crippen molar-refractivity contribution < 1.29 is 27.4 Å². The Balaban J connectivity index is 1.13. The van der Waals surface area contributed by atoms with Gasteiger partial charge in [0.05, 0.1) is 30.4 Å². The largest absolute Gasteiger partial charge is 0.416 e. The summed E-state index contributed by atoms with van der Waals surface area (Å²) in [6.45, 7) is 3.63. The Morgan fingerprint density at radius 1 is 1.15 bits per heavy atom. The molecule has 3 aliphatic heterocycles. The quantitative estimate of drug-likeness (QED) is 0.567. The Morgan fingerprint density at radius 2 is 2.02 bits per heavy atom. The van der Waals surface area contributed by atoms with Gasteiger partial charge in [-0.25, -0.2) is 0 Å². The van der Waals surface area contributed by atoms with Crippen molar-refractivity contribution in [2.75, 3.05) is 39.4 Å². The number of nitrogens with zero attached hydrogens (tertiary/aromatic N) is 4. The Kier molecular flexibility index (Phi) is 8.17. The highest BCUT2D eigenvalue weighted by Crippen LogP contribution is 2.36. The van der Waals surface area contributed by atoms with Crippen LogP contribution >= 0.6 is 0 Å². The van der Waals surface area contributed by atoms with Gasteiger partial charge in [-0.2, -0.15) is 13.2 Å². The molecule has 4 aliphatic rings. The molecular weight excluding hydrogens is 539 g/mol. The van der Waals surface area contributed by atoms with Crippen LogP contribution in [0.1, 0.15) is 54.2 Å². The molecule has 0 radical (unpaired) electrons. The molecule has 0 spiro atoms. The van der Waals surface area contributed by atoms with Gasteiger partial charge in [-0.1, -0.05) is 0 Å². The van der Waals surface area contributed by atoms with Gasteiger partial charge < -0.3 is 19.4 Å². The van der Waals surface area contributed by atoms with Gasteiger partial charge in [-0.3, -0.25) is 24.4 Å². The van der Waals surface area contributed by atoms with Gasteiger partial charge in [0, 0.05) is 81.7 Å². The number of likely N-dealkylation sites (tertiary alicyclic amines) is 1. The molecule has 4 atom stereocenters. The van der Waals surface area contributed by atoms with Crippen LogP contribution in [0.5, 0.6) is 0 Å². The SMILES string of the molecule is O=C(CN1CCn2c(cc(C(F)(F)F)cc2=O)C1)NC1CN(C2CCCOCC2)C[C@@H]1OC1CCc2ccncc21. The van der Waals surface area contributed by atoms with Crippen molar-refractivity contribution in [3.63, 3.8) is 0 Å². The number of hydrogen-bond acceptors (Lipinski definition) is 7. The fraction of sp³-hybridized carbons (Fsp3) is 0.621. The van der Waals surface area contributed by atoms with E-state index >= 15 is 0 Å². The molecule has 12 heteroatoms. The third-order valence-electron chi connectivity index (χ3n) is 8.82. The molecule has 1 N–H and O–H groups in total. The van der Waals surface area contributed by atoms with Crippen molar-refractivity contribution >= 4 is 5.91 Å². The number of carbonyl (C=O) groups is 1. The van der Waals surface area contributed by atoms with Crippen molar-refractivity contribution in [2.24, 2.45) is 0 Å².